The minimum atomic E-state index is -0.847. The maximum atomic E-state index is 12.9. The van der Waals surface area contributed by atoms with E-state index in [0.29, 0.717) is 5.56 Å². The first-order valence-electron chi connectivity index (χ1n) is 5.39. The third-order valence-corrected chi connectivity index (χ3v) is 2.63. The summed E-state index contributed by atoms with van der Waals surface area (Å²) in [5.41, 5.74) is 5.11. The first-order chi connectivity index (χ1) is 9.02. The van der Waals surface area contributed by atoms with Gasteiger partial charge in [-0.25, -0.2) is 4.39 Å². The predicted octanol–water partition coefficient (Wildman–Crippen LogP) is 0.812. The van der Waals surface area contributed by atoms with Crippen LogP contribution in [-0.2, 0) is 0 Å². The highest BCUT2D eigenvalue weighted by atomic mass is 19.1. The Morgan fingerprint density at radius 1 is 1.26 bits per heavy atom. The molecule has 0 bridgehead atoms. The molecule has 1 aromatic carbocycles. The highest BCUT2D eigenvalue weighted by molar-refractivity contribution is 5.93. The van der Waals surface area contributed by atoms with E-state index in [2.05, 4.69) is 0 Å². The van der Waals surface area contributed by atoms with Crippen molar-refractivity contribution in [1.82, 2.24) is 4.73 Å². The van der Waals surface area contributed by atoms with Crippen molar-refractivity contribution in [1.29, 1.82) is 0 Å². The minimum absolute atomic E-state index is 0.191. The summed E-state index contributed by atoms with van der Waals surface area (Å²) in [6, 6.07) is 5.33. The first kappa shape index (κ1) is 12.8. The Morgan fingerprint density at radius 2 is 1.89 bits per heavy atom. The number of carbonyl (C=O) groups excluding carboxylic acids is 1. The fourth-order valence-corrected chi connectivity index (χ4v) is 1.67. The van der Waals surface area contributed by atoms with Gasteiger partial charge in [-0.05, 0) is 17.7 Å². The highest BCUT2D eigenvalue weighted by Gasteiger charge is 2.14. The van der Waals surface area contributed by atoms with E-state index in [4.69, 9.17) is 10.6 Å². The van der Waals surface area contributed by atoms with E-state index >= 15 is 0 Å². The third-order valence-electron chi connectivity index (χ3n) is 2.63. The molecule has 0 unspecified atom stereocenters. The number of amides is 1. The maximum absolute atomic E-state index is 12.9. The normalized spacial score (nSPS) is 10.2. The molecule has 2 aromatic rings. The zero-order chi connectivity index (χ0) is 14.0. The molecule has 0 aliphatic rings. The zero-order valence-electron chi connectivity index (χ0n) is 10.1. The Kier molecular flexibility index (Phi) is 3.33. The molecule has 2 N–H and O–H groups in total. The van der Waals surface area contributed by atoms with Gasteiger partial charge in [-0.1, -0.05) is 12.1 Å². The van der Waals surface area contributed by atoms with Crippen molar-refractivity contribution in [3.8, 4) is 11.1 Å². The van der Waals surface area contributed by atoms with Gasteiger partial charge in [-0.15, -0.1) is 0 Å². The molecule has 0 fully saturated rings. The van der Waals surface area contributed by atoms with Crippen LogP contribution in [0.15, 0.2) is 41.5 Å². The molecule has 2 rings (SSSR count). The van der Waals surface area contributed by atoms with Crippen LogP contribution in [0.2, 0.25) is 0 Å². The third kappa shape index (κ3) is 2.47. The average Bonchev–Trinajstić information content (AvgIpc) is 2.40. The lowest BCUT2D eigenvalue weighted by Gasteiger charge is -2.09. The topological polar surface area (TPSA) is 74.3 Å². The van der Waals surface area contributed by atoms with E-state index in [1.165, 1.54) is 48.5 Å². The number of rotatable bonds is 3. The second kappa shape index (κ2) is 4.93. The standard InChI is InChI=1S/C13H11FN2O3/c1-19-16-6-10(8-2-4-9(14)5-3-8)12(17)11(7-16)13(15)18/h2-7H,1H3,(H2,15,18). The minimum Gasteiger partial charge on any atom is -0.418 e. The number of benzene rings is 1. The summed E-state index contributed by atoms with van der Waals surface area (Å²) in [4.78, 5) is 28.3. The lowest BCUT2D eigenvalue weighted by atomic mass is 10.1. The van der Waals surface area contributed by atoms with E-state index < -0.39 is 17.2 Å². The molecular weight excluding hydrogens is 251 g/mol. The lowest BCUT2D eigenvalue weighted by molar-refractivity contribution is 0.0993. The second-order valence-corrected chi connectivity index (χ2v) is 3.83. The molecule has 98 valence electrons. The van der Waals surface area contributed by atoms with E-state index in [0.717, 1.165) is 0 Å². The molecule has 6 heteroatoms. The van der Waals surface area contributed by atoms with Gasteiger partial charge >= 0.3 is 0 Å². The predicted molar refractivity (Wildman–Crippen MR) is 67.1 cm³/mol. The van der Waals surface area contributed by atoms with Crippen molar-refractivity contribution in [2.45, 2.75) is 0 Å². The van der Waals surface area contributed by atoms with E-state index in [9.17, 15) is 14.0 Å². The van der Waals surface area contributed by atoms with Crippen LogP contribution in [0.4, 0.5) is 4.39 Å². The number of primary amides is 1. The van der Waals surface area contributed by atoms with Crippen LogP contribution in [0.3, 0.4) is 0 Å². The molecule has 19 heavy (non-hydrogen) atoms. The zero-order valence-corrected chi connectivity index (χ0v) is 10.1. The summed E-state index contributed by atoms with van der Waals surface area (Å²) in [6.07, 6.45) is 2.61. The molecule has 5 nitrogen and oxygen atoms in total. The quantitative estimate of drug-likeness (QED) is 0.889. The Morgan fingerprint density at radius 3 is 2.42 bits per heavy atom. The van der Waals surface area contributed by atoms with Gasteiger partial charge in [0.05, 0.1) is 12.4 Å². The van der Waals surface area contributed by atoms with Gasteiger partial charge in [0.2, 0.25) is 5.43 Å². The molecule has 0 spiro atoms. The maximum Gasteiger partial charge on any atom is 0.254 e. The largest absolute Gasteiger partial charge is 0.418 e. The Labute approximate surface area is 108 Å². The van der Waals surface area contributed by atoms with Crippen LogP contribution in [0.5, 0.6) is 0 Å². The van der Waals surface area contributed by atoms with E-state index in [-0.39, 0.29) is 11.1 Å². The average molecular weight is 262 g/mol. The van der Waals surface area contributed by atoms with Gasteiger partial charge in [0.1, 0.15) is 18.5 Å². The van der Waals surface area contributed by atoms with E-state index in [1.54, 1.807) is 0 Å². The van der Waals surface area contributed by atoms with Crippen molar-refractivity contribution < 1.29 is 14.0 Å². The van der Waals surface area contributed by atoms with Gasteiger partial charge < -0.3 is 10.6 Å². The van der Waals surface area contributed by atoms with E-state index in [1.807, 2.05) is 0 Å². The molecule has 1 amide bonds. The molecule has 1 heterocycles. The van der Waals surface area contributed by atoms with Gasteiger partial charge in [-0.3, -0.25) is 9.59 Å². The molecule has 0 atom stereocenters. The molecule has 0 saturated carbocycles. The molecule has 0 saturated heterocycles. The highest BCUT2D eigenvalue weighted by Crippen LogP contribution is 2.16. The molecule has 0 aliphatic heterocycles. The summed E-state index contributed by atoms with van der Waals surface area (Å²) in [5.74, 6) is -1.26. The molecular formula is C13H11FN2O3. The summed E-state index contributed by atoms with van der Waals surface area (Å²) >= 11 is 0. The Bertz CT molecular complexity index is 677. The molecule has 0 radical (unpaired) electrons. The van der Waals surface area contributed by atoms with Gasteiger partial charge in [0.25, 0.3) is 5.91 Å². The summed E-state index contributed by atoms with van der Waals surface area (Å²) in [5, 5.41) is 0. The monoisotopic (exact) mass is 262 g/mol. The van der Waals surface area contributed by atoms with Crippen LogP contribution < -0.4 is 16.0 Å². The van der Waals surface area contributed by atoms with Crippen molar-refractivity contribution in [2.24, 2.45) is 5.73 Å². The second-order valence-electron chi connectivity index (χ2n) is 3.83. The fraction of sp³-hybridized carbons (Fsp3) is 0.0769. The summed E-state index contributed by atoms with van der Waals surface area (Å²) in [6.45, 7) is 0. The molecule has 0 aliphatic carbocycles. The Hall–Kier alpha value is -2.63. The number of nitrogens with two attached hydrogens (primary N) is 1. The van der Waals surface area contributed by atoms with Crippen LogP contribution in [0, 0.1) is 5.82 Å². The Balaban J connectivity index is 2.68. The number of halogens is 1. The summed E-state index contributed by atoms with van der Waals surface area (Å²) < 4.78 is 14.1. The van der Waals surface area contributed by atoms with Crippen molar-refractivity contribution in [3.05, 3.63) is 58.3 Å². The SMILES string of the molecule is COn1cc(C(N)=O)c(=O)c(-c2ccc(F)cc2)c1. The number of nitrogens with zero attached hydrogens (tertiary/aromatic N) is 1. The van der Waals surface area contributed by atoms with Gasteiger partial charge in [0.15, 0.2) is 0 Å². The number of hydrogen-bond donors (Lipinski definition) is 1. The van der Waals surface area contributed by atoms with Crippen LogP contribution in [0.25, 0.3) is 11.1 Å². The smallest absolute Gasteiger partial charge is 0.254 e. The van der Waals surface area contributed by atoms with Gasteiger partial charge in [0, 0.05) is 5.56 Å². The fourth-order valence-electron chi connectivity index (χ4n) is 1.67. The molecule has 1 aromatic heterocycles. The van der Waals surface area contributed by atoms with Crippen LogP contribution >= 0.6 is 0 Å². The van der Waals surface area contributed by atoms with Crippen molar-refractivity contribution in [3.63, 3.8) is 0 Å². The number of hydrogen-bond acceptors (Lipinski definition) is 3. The van der Waals surface area contributed by atoms with Crippen molar-refractivity contribution >= 4 is 5.91 Å². The van der Waals surface area contributed by atoms with Crippen molar-refractivity contribution in [2.75, 3.05) is 7.11 Å². The van der Waals surface area contributed by atoms with Gasteiger partial charge in [-0.2, -0.15) is 4.73 Å². The number of pyridine rings is 1. The number of aromatic nitrogens is 1. The van der Waals surface area contributed by atoms with Crippen LogP contribution in [-0.4, -0.2) is 17.7 Å². The first-order valence-corrected chi connectivity index (χ1v) is 5.39. The van der Waals surface area contributed by atoms with Crippen LogP contribution in [0.1, 0.15) is 10.4 Å². The lowest BCUT2D eigenvalue weighted by Crippen LogP contribution is -2.26. The summed E-state index contributed by atoms with van der Waals surface area (Å²) in [7, 11) is 1.38. The number of carbonyl (C=O) groups is 1.